The highest BCUT2D eigenvalue weighted by molar-refractivity contribution is 6.30. The summed E-state index contributed by atoms with van der Waals surface area (Å²) in [5, 5.41) is 16.4. The number of halogens is 2. The van der Waals surface area contributed by atoms with Crippen molar-refractivity contribution >= 4 is 28.9 Å². The maximum Gasteiger partial charge on any atom is 0.227 e. The maximum absolute atomic E-state index is 14.1. The van der Waals surface area contributed by atoms with Crippen molar-refractivity contribution in [1.82, 2.24) is 0 Å². The molecule has 2 aromatic rings. The molecular weight excluding hydrogens is 331 g/mol. The van der Waals surface area contributed by atoms with Crippen LogP contribution in [-0.2, 0) is 4.79 Å². The Bertz CT molecular complexity index is 732. The summed E-state index contributed by atoms with van der Waals surface area (Å²) < 4.78 is 14.1. The number of anilines is 2. The van der Waals surface area contributed by atoms with Crippen LogP contribution < -0.4 is 10.6 Å². The van der Waals surface area contributed by atoms with Gasteiger partial charge in [-0.3, -0.25) is 4.79 Å². The van der Waals surface area contributed by atoms with E-state index in [1.165, 1.54) is 6.07 Å². The SMILES string of the molecule is O=C(CC(O)c1ccc(Cl)cc1)Nc1c(F)cccc1NC1CC1. The molecule has 0 saturated heterocycles. The molecule has 126 valence electrons. The number of aliphatic hydroxyl groups is 1. The lowest BCUT2D eigenvalue weighted by molar-refractivity contribution is -0.118. The highest BCUT2D eigenvalue weighted by Crippen LogP contribution is 2.31. The minimum Gasteiger partial charge on any atom is -0.388 e. The van der Waals surface area contributed by atoms with E-state index in [9.17, 15) is 14.3 Å². The first-order chi connectivity index (χ1) is 11.5. The van der Waals surface area contributed by atoms with Gasteiger partial charge in [-0.25, -0.2) is 4.39 Å². The van der Waals surface area contributed by atoms with E-state index in [0.717, 1.165) is 12.8 Å². The van der Waals surface area contributed by atoms with Gasteiger partial charge in [-0.2, -0.15) is 0 Å². The molecule has 1 aliphatic rings. The molecular formula is C18H18ClFN2O2. The summed E-state index contributed by atoms with van der Waals surface area (Å²) in [7, 11) is 0. The van der Waals surface area contributed by atoms with Crippen LogP contribution in [0.4, 0.5) is 15.8 Å². The smallest absolute Gasteiger partial charge is 0.227 e. The molecule has 3 N–H and O–H groups in total. The van der Waals surface area contributed by atoms with E-state index < -0.39 is 17.8 Å². The molecule has 0 aromatic heterocycles. The van der Waals surface area contributed by atoms with Crippen LogP contribution in [0.2, 0.25) is 5.02 Å². The number of aliphatic hydroxyl groups excluding tert-OH is 1. The monoisotopic (exact) mass is 348 g/mol. The Morgan fingerprint density at radius 2 is 1.96 bits per heavy atom. The van der Waals surface area contributed by atoms with Gasteiger partial charge in [-0.1, -0.05) is 29.8 Å². The van der Waals surface area contributed by atoms with Gasteiger partial charge in [0.2, 0.25) is 5.91 Å². The van der Waals surface area contributed by atoms with Gasteiger partial charge in [-0.05, 0) is 42.7 Å². The van der Waals surface area contributed by atoms with Crippen LogP contribution in [0.25, 0.3) is 0 Å². The van der Waals surface area contributed by atoms with Crippen LogP contribution in [-0.4, -0.2) is 17.1 Å². The molecule has 1 saturated carbocycles. The van der Waals surface area contributed by atoms with E-state index in [4.69, 9.17) is 11.6 Å². The Morgan fingerprint density at radius 1 is 1.25 bits per heavy atom. The maximum atomic E-state index is 14.1. The fourth-order valence-electron chi connectivity index (χ4n) is 2.39. The second-order valence-corrected chi connectivity index (χ2v) is 6.34. The van der Waals surface area contributed by atoms with Crippen LogP contribution in [0.1, 0.15) is 30.9 Å². The Kier molecular flexibility index (Phi) is 5.02. The minimum absolute atomic E-state index is 0.123. The van der Waals surface area contributed by atoms with E-state index in [-0.39, 0.29) is 12.1 Å². The number of carbonyl (C=O) groups is 1. The lowest BCUT2D eigenvalue weighted by Gasteiger charge is -2.15. The first-order valence-corrected chi connectivity index (χ1v) is 8.19. The third-order valence-corrected chi connectivity index (χ3v) is 4.10. The molecule has 0 radical (unpaired) electrons. The van der Waals surface area contributed by atoms with Gasteiger partial charge in [-0.15, -0.1) is 0 Å². The van der Waals surface area contributed by atoms with Crippen molar-refractivity contribution in [2.45, 2.75) is 31.4 Å². The van der Waals surface area contributed by atoms with Gasteiger partial charge in [0.05, 0.1) is 18.2 Å². The average Bonchev–Trinajstić information content (AvgIpc) is 3.35. The zero-order valence-electron chi connectivity index (χ0n) is 12.9. The Morgan fingerprint density at radius 3 is 2.62 bits per heavy atom. The summed E-state index contributed by atoms with van der Waals surface area (Å²) in [6, 6.07) is 11.6. The molecule has 6 heteroatoms. The number of para-hydroxylation sites is 1. The zero-order valence-corrected chi connectivity index (χ0v) is 13.7. The number of amides is 1. The van der Waals surface area contributed by atoms with Gasteiger partial charge in [0.25, 0.3) is 0 Å². The average molecular weight is 349 g/mol. The summed E-state index contributed by atoms with van der Waals surface area (Å²) >= 11 is 5.80. The number of rotatable bonds is 6. The first-order valence-electron chi connectivity index (χ1n) is 7.81. The van der Waals surface area contributed by atoms with Gasteiger partial charge < -0.3 is 15.7 Å². The number of hydrogen-bond donors (Lipinski definition) is 3. The molecule has 1 aliphatic carbocycles. The molecule has 0 aliphatic heterocycles. The lowest BCUT2D eigenvalue weighted by atomic mass is 10.1. The van der Waals surface area contributed by atoms with Crippen molar-refractivity contribution in [3.05, 3.63) is 58.9 Å². The normalized spacial score (nSPS) is 15.0. The fraction of sp³-hybridized carbons (Fsp3) is 0.278. The van der Waals surface area contributed by atoms with Crippen LogP contribution in [0.5, 0.6) is 0 Å². The Balaban J connectivity index is 1.67. The van der Waals surface area contributed by atoms with Crippen LogP contribution >= 0.6 is 11.6 Å². The molecule has 3 rings (SSSR count). The number of hydrogen-bond acceptors (Lipinski definition) is 3. The summed E-state index contributed by atoms with van der Waals surface area (Å²) in [6.07, 6.45) is 0.936. The largest absolute Gasteiger partial charge is 0.388 e. The molecule has 0 spiro atoms. The van der Waals surface area contributed by atoms with E-state index in [1.54, 1.807) is 36.4 Å². The van der Waals surface area contributed by atoms with Crippen molar-refractivity contribution in [3.8, 4) is 0 Å². The van der Waals surface area contributed by atoms with E-state index >= 15 is 0 Å². The van der Waals surface area contributed by atoms with Gasteiger partial charge in [0.1, 0.15) is 11.5 Å². The molecule has 24 heavy (non-hydrogen) atoms. The molecule has 1 atom stereocenters. The van der Waals surface area contributed by atoms with Crippen molar-refractivity contribution in [2.75, 3.05) is 10.6 Å². The molecule has 1 fully saturated rings. The summed E-state index contributed by atoms with van der Waals surface area (Å²) in [6.45, 7) is 0. The van der Waals surface area contributed by atoms with Crippen LogP contribution in [0.3, 0.4) is 0 Å². The molecule has 4 nitrogen and oxygen atoms in total. The van der Waals surface area contributed by atoms with E-state index in [0.29, 0.717) is 22.3 Å². The predicted octanol–water partition coefficient (Wildman–Crippen LogP) is 4.12. The Hall–Kier alpha value is -2.11. The Labute approximate surface area is 144 Å². The van der Waals surface area contributed by atoms with E-state index in [1.807, 2.05) is 0 Å². The lowest BCUT2D eigenvalue weighted by Crippen LogP contribution is -2.18. The standard InChI is InChI=1S/C18H18ClFN2O2/c19-12-6-4-11(5-7-12)16(23)10-17(24)22-18-14(20)2-1-3-15(18)21-13-8-9-13/h1-7,13,16,21,23H,8-10H2,(H,22,24). The van der Waals surface area contributed by atoms with Gasteiger partial charge in [0.15, 0.2) is 0 Å². The molecule has 1 amide bonds. The highest BCUT2D eigenvalue weighted by Gasteiger charge is 2.23. The van der Waals surface area contributed by atoms with Gasteiger partial charge in [0, 0.05) is 11.1 Å². The number of nitrogens with one attached hydrogen (secondary N) is 2. The predicted molar refractivity (Wildman–Crippen MR) is 92.7 cm³/mol. The third-order valence-electron chi connectivity index (χ3n) is 3.85. The second kappa shape index (κ2) is 7.20. The van der Waals surface area contributed by atoms with Gasteiger partial charge >= 0.3 is 0 Å². The van der Waals surface area contributed by atoms with Crippen LogP contribution in [0, 0.1) is 5.82 Å². The highest BCUT2D eigenvalue weighted by atomic mass is 35.5. The summed E-state index contributed by atoms with van der Waals surface area (Å²) in [4.78, 5) is 12.2. The van der Waals surface area contributed by atoms with Crippen molar-refractivity contribution in [2.24, 2.45) is 0 Å². The first kappa shape index (κ1) is 16.7. The number of benzene rings is 2. The molecule has 0 heterocycles. The topological polar surface area (TPSA) is 61.4 Å². The van der Waals surface area contributed by atoms with Crippen molar-refractivity contribution in [3.63, 3.8) is 0 Å². The van der Waals surface area contributed by atoms with Crippen molar-refractivity contribution in [1.29, 1.82) is 0 Å². The second-order valence-electron chi connectivity index (χ2n) is 5.90. The van der Waals surface area contributed by atoms with Crippen molar-refractivity contribution < 1.29 is 14.3 Å². The van der Waals surface area contributed by atoms with Crippen LogP contribution in [0.15, 0.2) is 42.5 Å². The molecule has 1 unspecified atom stereocenters. The summed E-state index contributed by atoms with van der Waals surface area (Å²) in [5.74, 6) is -0.962. The third kappa shape index (κ3) is 4.24. The minimum atomic E-state index is -0.978. The fourth-order valence-corrected chi connectivity index (χ4v) is 2.51. The quantitative estimate of drug-likeness (QED) is 0.736. The molecule has 2 aromatic carbocycles. The summed E-state index contributed by atoms with van der Waals surface area (Å²) in [5.41, 5.74) is 1.27. The number of carbonyl (C=O) groups excluding carboxylic acids is 1. The zero-order chi connectivity index (χ0) is 17.1. The molecule has 0 bridgehead atoms. The van der Waals surface area contributed by atoms with E-state index in [2.05, 4.69) is 10.6 Å².